The van der Waals surface area contributed by atoms with Crippen molar-refractivity contribution < 1.29 is 5.11 Å². The Hall–Kier alpha value is -0.450. The molecule has 0 aliphatic carbocycles. The van der Waals surface area contributed by atoms with Gasteiger partial charge in [0.05, 0.1) is 10.7 Å². The fourth-order valence-electron chi connectivity index (χ4n) is 2.19. The topological polar surface area (TPSA) is 36.4 Å². The minimum atomic E-state index is 0.297. The van der Waals surface area contributed by atoms with Crippen LogP contribution in [0.1, 0.15) is 35.9 Å². The lowest BCUT2D eigenvalue weighted by Crippen LogP contribution is -2.13. The first kappa shape index (κ1) is 12.0. The van der Waals surface area contributed by atoms with Crippen LogP contribution in [0.25, 0.3) is 0 Å². The van der Waals surface area contributed by atoms with Crippen molar-refractivity contribution in [3.63, 3.8) is 0 Å². The molecule has 0 radical (unpaired) electrons. The summed E-state index contributed by atoms with van der Waals surface area (Å²) < 4.78 is 0. The number of nitrogens with zero attached hydrogens (tertiary/aromatic N) is 2. The van der Waals surface area contributed by atoms with E-state index in [4.69, 9.17) is 10.1 Å². The summed E-state index contributed by atoms with van der Waals surface area (Å²) in [5.41, 5.74) is 1.29. The Bertz CT molecular complexity index is 327. The highest BCUT2D eigenvalue weighted by Gasteiger charge is 2.23. The molecule has 1 atom stereocenters. The lowest BCUT2D eigenvalue weighted by atomic mass is 10.1. The van der Waals surface area contributed by atoms with Gasteiger partial charge in [-0.15, -0.1) is 11.3 Å². The van der Waals surface area contributed by atoms with Crippen molar-refractivity contribution in [2.45, 2.75) is 31.6 Å². The zero-order valence-corrected chi connectivity index (χ0v) is 10.7. The smallest absolute Gasteiger partial charge is 0.0928 e. The summed E-state index contributed by atoms with van der Waals surface area (Å²) in [6.45, 7) is 2.65. The first-order valence-electron chi connectivity index (χ1n) is 6.03. The number of rotatable bonds is 5. The van der Waals surface area contributed by atoms with E-state index in [2.05, 4.69) is 17.3 Å². The van der Waals surface area contributed by atoms with Gasteiger partial charge in [-0.05, 0) is 39.3 Å². The average molecular weight is 240 g/mol. The number of hydrogen-bond donors (Lipinski definition) is 1. The molecule has 90 valence electrons. The Balaban J connectivity index is 1.87. The summed E-state index contributed by atoms with van der Waals surface area (Å²) in [6, 6.07) is 0. The number of aromatic nitrogens is 1. The Labute approximate surface area is 101 Å². The summed E-state index contributed by atoms with van der Waals surface area (Å²) in [6.07, 6.45) is 4.21. The molecule has 0 bridgehead atoms. The number of hydrogen-bond acceptors (Lipinski definition) is 4. The molecule has 0 amide bonds. The van der Waals surface area contributed by atoms with Crippen molar-refractivity contribution >= 4 is 11.3 Å². The predicted octanol–water partition coefficient (Wildman–Crippen LogP) is 1.88. The van der Waals surface area contributed by atoms with Crippen molar-refractivity contribution in [1.82, 2.24) is 9.88 Å². The van der Waals surface area contributed by atoms with Gasteiger partial charge in [0.1, 0.15) is 0 Å². The van der Waals surface area contributed by atoms with Crippen LogP contribution in [-0.2, 0) is 6.42 Å². The number of thiazole rings is 1. The van der Waals surface area contributed by atoms with Crippen LogP contribution in [0.5, 0.6) is 0 Å². The van der Waals surface area contributed by atoms with Crippen molar-refractivity contribution in [1.29, 1.82) is 0 Å². The second-order valence-electron chi connectivity index (χ2n) is 4.59. The quantitative estimate of drug-likeness (QED) is 0.798. The molecule has 0 spiro atoms. The largest absolute Gasteiger partial charge is 0.396 e. The van der Waals surface area contributed by atoms with E-state index in [1.807, 2.05) is 0 Å². The molecule has 3 nitrogen and oxygen atoms in total. The van der Waals surface area contributed by atoms with E-state index in [1.165, 1.54) is 23.7 Å². The minimum Gasteiger partial charge on any atom is -0.396 e. The lowest BCUT2D eigenvalue weighted by Gasteiger charge is -2.06. The molecular weight excluding hydrogens is 220 g/mol. The zero-order valence-electron chi connectivity index (χ0n) is 9.85. The van der Waals surface area contributed by atoms with Gasteiger partial charge in [-0.25, -0.2) is 4.98 Å². The number of aliphatic hydroxyl groups excluding tert-OH is 1. The van der Waals surface area contributed by atoms with E-state index >= 15 is 0 Å². The highest BCUT2D eigenvalue weighted by Crippen LogP contribution is 2.27. The van der Waals surface area contributed by atoms with Gasteiger partial charge in [0, 0.05) is 24.4 Å². The third kappa shape index (κ3) is 3.03. The summed E-state index contributed by atoms with van der Waals surface area (Å²) >= 11 is 1.78. The second-order valence-corrected chi connectivity index (χ2v) is 5.54. The maximum absolute atomic E-state index is 8.73. The van der Waals surface area contributed by atoms with Crippen LogP contribution < -0.4 is 0 Å². The van der Waals surface area contributed by atoms with Crippen molar-refractivity contribution in [3.05, 3.63) is 16.1 Å². The molecular formula is C12H20N2OS. The van der Waals surface area contributed by atoms with E-state index in [0.717, 1.165) is 25.8 Å². The van der Waals surface area contributed by atoms with Crippen molar-refractivity contribution in [3.8, 4) is 0 Å². The van der Waals surface area contributed by atoms with Crippen molar-refractivity contribution in [2.24, 2.45) is 0 Å². The van der Waals surface area contributed by atoms with Crippen LogP contribution in [0.15, 0.2) is 5.38 Å². The van der Waals surface area contributed by atoms with Crippen LogP contribution >= 0.6 is 11.3 Å². The molecule has 1 N–H and O–H groups in total. The predicted molar refractivity (Wildman–Crippen MR) is 67.0 cm³/mol. The normalized spacial score (nSPS) is 21.8. The molecule has 16 heavy (non-hydrogen) atoms. The maximum Gasteiger partial charge on any atom is 0.0928 e. The Morgan fingerprint density at radius 3 is 3.12 bits per heavy atom. The van der Waals surface area contributed by atoms with Crippen LogP contribution in [0.3, 0.4) is 0 Å². The fraction of sp³-hybridized carbons (Fsp3) is 0.750. The summed E-state index contributed by atoms with van der Waals surface area (Å²) in [5.74, 6) is 0.646. The Morgan fingerprint density at radius 1 is 1.56 bits per heavy atom. The van der Waals surface area contributed by atoms with Gasteiger partial charge >= 0.3 is 0 Å². The zero-order chi connectivity index (χ0) is 11.4. The third-order valence-corrected chi connectivity index (χ3v) is 4.10. The summed E-state index contributed by atoms with van der Waals surface area (Å²) in [7, 11) is 2.18. The molecule has 2 rings (SSSR count). The van der Waals surface area contributed by atoms with Crippen LogP contribution in [0.4, 0.5) is 0 Å². The molecule has 1 aliphatic rings. The third-order valence-electron chi connectivity index (χ3n) is 3.18. The van der Waals surface area contributed by atoms with Gasteiger partial charge < -0.3 is 10.0 Å². The van der Waals surface area contributed by atoms with Crippen molar-refractivity contribution in [2.75, 3.05) is 26.7 Å². The maximum atomic E-state index is 8.73. The number of aryl methyl sites for hydroxylation is 1. The monoisotopic (exact) mass is 240 g/mol. The number of aliphatic hydroxyl groups is 1. The molecule has 1 fully saturated rings. The Kier molecular flexibility index (Phi) is 4.32. The molecule has 0 saturated carbocycles. The van der Waals surface area contributed by atoms with Gasteiger partial charge in [-0.3, -0.25) is 0 Å². The molecule has 2 heterocycles. The van der Waals surface area contributed by atoms with E-state index in [0.29, 0.717) is 12.5 Å². The van der Waals surface area contributed by atoms with E-state index in [-0.39, 0.29) is 0 Å². The van der Waals surface area contributed by atoms with E-state index in [1.54, 1.807) is 11.3 Å². The summed E-state index contributed by atoms with van der Waals surface area (Å²) in [5, 5.41) is 12.2. The van der Waals surface area contributed by atoms with Gasteiger partial charge in [-0.2, -0.15) is 0 Å². The number of unbranched alkanes of at least 4 members (excludes halogenated alkanes) is 1. The van der Waals surface area contributed by atoms with Gasteiger partial charge in [0.15, 0.2) is 0 Å². The first-order valence-corrected chi connectivity index (χ1v) is 6.91. The highest BCUT2D eigenvalue weighted by molar-refractivity contribution is 7.09. The SMILES string of the molecule is CN1CCC(c2csc(CCCCO)n2)C1. The molecule has 1 unspecified atom stereocenters. The van der Waals surface area contributed by atoms with Gasteiger partial charge in [-0.1, -0.05) is 0 Å². The molecule has 1 aromatic rings. The minimum absolute atomic E-state index is 0.297. The van der Waals surface area contributed by atoms with E-state index < -0.39 is 0 Å². The van der Waals surface area contributed by atoms with E-state index in [9.17, 15) is 0 Å². The molecule has 1 aliphatic heterocycles. The lowest BCUT2D eigenvalue weighted by molar-refractivity contribution is 0.284. The summed E-state index contributed by atoms with van der Waals surface area (Å²) in [4.78, 5) is 7.08. The number of likely N-dealkylation sites (N-methyl/N-ethyl adjacent to an activating group) is 1. The van der Waals surface area contributed by atoms with Gasteiger partial charge in [0.2, 0.25) is 0 Å². The Morgan fingerprint density at radius 2 is 2.44 bits per heavy atom. The fourth-order valence-corrected chi connectivity index (χ4v) is 3.11. The molecule has 0 aromatic carbocycles. The molecule has 1 aromatic heterocycles. The first-order chi connectivity index (χ1) is 7.79. The molecule has 4 heteroatoms. The van der Waals surface area contributed by atoms with Crippen LogP contribution in [0.2, 0.25) is 0 Å². The average Bonchev–Trinajstić information content (AvgIpc) is 2.87. The van der Waals surface area contributed by atoms with Gasteiger partial charge in [0.25, 0.3) is 0 Å². The van der Waals surface area contributed by atoms with Crippen LogP contribution in [-0.4, -0.2) is 41.7 Å². The standard InChI is InChI=1S/C12H20N2OS/c1-14-6-5-10(8-14)11-9-16-12(13-11)4-2-3-7-15/h9-10,15H,2-8H2,1H3. The highest BCUT2D eigenvalue weighted by atomic mass is 32.1. The second kappa shape index (κ2) is 5.75. The number of likely N-dealkylation sites (tertiary alicyclic amines) is 1. The van der Waals surface area contributed by atoms with Crippen LogP contribution in [0, 0.1) is 0 Å². The molecule has 1 saturated heterocycles.